The molecule has 0 aliphatic carbocycles. The van der Waals surface area contributed by atoms with E-state index in [0.717, 1.165) is 12.1 Å². The van der Waals surface area contributed by atoms with Crippen LogP contribution in [0.2, 0.25) is 0 Å². The number of halogens is 2. The van der Waals surface area contributed by atoms with E-state index in [0.29, 0.717) is 18.7 Å². The Labute approximate surface area is 140 Å². The summed E-state index contributed by atoms with van der Waals surface area (Å²) >= 11 is 0. The average Bonchev–Trinajstić information content (AvgIpc) is 3.07. The summed E-state index contributed by atoms with van der Waals surface area (Å²) in [5.41, 5.74) is 0.550. The monoisotopic (exact) mass is 336 g/mol. The second-order valence-electron chi connectivity index (χ2n) is 5.97. The molecule has 130 valence electrons. The van der Waals surface area contributed by atoms with Gasteiger partial charge in [0.25, 0.3) is 0 Å². The molecule has 0 unspecified atom stereocenters. The maximum absolute atomic E-state index is 13.4. The van der Waals surface area contributed by atoms with Crippen molar-refractivity contribution in [3.8, 4) is 0 Å². The van der Waals surface area contributed by atoms with E-state index in [9.17, 15) is 13.6 Å². The molecule has 2 aromatic rings. The Balaban J connectivity index is 2.16. The van der Waals surface area contributed by atoms with Gasteiger partial charge in [-0.1, -0.05) is 6.07 Å². The number of carbonyl (C=O) groups is 1. The first kappa shape index (κ1) is 18.1. The van der Waals surface area contributed by atoms with E-state index < -0.39 is 17.7 Å². The molecular weight excluding hydrogens is 314 g/mol. The topological polar surface area (TPSA) is 41.4 Å². The fourth-order valence-electron chi connectivity index (χ4n) is 2.33. The van der Waals surface area contributed by atoms with E-state index >= 15 is 0 Å². The lowest BCUT2D eigenvalue weighted by molar-refractivity contribution is -0.135. The van der Waals surface area contributed by atoms with Crippen LogP contribution in [-0.2, 0) is 11.3 Å². The summed E-state index contributed by atoms with van der Waals surface area (Å²) in [5.74, 6) is -1.92. The molecule has 7 heteroatoms. The van der Waals surface area contributed by atoms with Crippen molar-refractivity contribution in [2.45, 2.75) is 19.5 Å². The average molecular weight is 336 g/mol. The number of aromatic nitrogens is 2. The lowest BCUT2D eigenvalue weighted by atomic mass is 10.1. The molecular formula is C17H22F2N4O. The lowest BCUT2D eigenvalue weighted by Gasteiger charge is -2.27. The highest BCUT2D eigenvalue weighted by Gasteiger charge is 2.22. The maximum atomic E-state index is 13.4. The van der Waals surface area contributed by atoms with Gasteiger partial charge >= 0.3 is 0 Å². The normalized spacial score (nSPS) is 12.4. The molecule has 24 heavy (non-hydrogen) atoms. The van der Waals surface area contributed by atoms with E-state index in [1.165, 1.54) is 6.07 Å². The number of rotatable bonds is 7. The first-order chi connectivity index (χ1) is 11.4. The molecule has 1 atom stereocenters. The van der Waals surface area contributed by atoms with Gasteiger partial charge in [-0.3, -0.25) is 9.48 Å². The zero-order chi connectivity index (χ0) is 17.7. The SMILES string of the molecule is C[C@H](C(=O)N(CCN(C)C)Cc1ccc(F)c(F)c1)n1cccn1. The summed E-state index contributed by atoms with van der Waals surface area (Å²) < 4.78 is 28.1. The predicted molar refractivity (Wildman–Crippen MR) is 87.3 cm³/mol. The minimum atomic E-state index is -0.910. The molecule has 0 bridgehead atoms. The first-order valence-corrected chi connectivity index (χ1v) is 7.75. The number of nitrogens with zero attached hydrogens (tertiary/aromatic N) is 4. The molecule has 0 saturated heterocycles. The van der Waals surface area contributed by atoms with E-state index in [2.05, 4.69) is 5.10 Å². The molecule has 1 aromatic heterocycles. The van der Waals surface area contributed by atoms with Crippen LogP contribution in [0.15, 0.2) is 36.7 Å². The van der Waals surface area contributed by atoms with Crippen molar-refractivity contribution in [1.82, 2.24) is 19.6 Å². The van der Waals surface area contributed by atoms with E-state index in [4.69, 9.17) is 0 Å². The van der Waals surface area contributed by atoms with Gasteiger partial charge in [-0.15, -0.1) is 0 Å². The van der Waals surface area contributed by atoms with Crippen LogP contribution >= 0.6 is 0 Å². The van der Waals surface area contributed by atoms with Gasteiger partial charge in [-0.05, 0) is 44.8 Å². The van der Waals surface area contributed by atoms with Crippen molar-refractivity contribution in [1.29, 1.82) is 0 Å². The molecule has 1 heterocycles. The van der Waals surface area contributed by atoms with Gasteiger partial charge < -0.3 is 9.80 Å². The molecule has 0 aliphatic heterocycles. The molecule has 0 aliphatic rings. The summed E-state index contributed by atoms with van der Waals surface area (Å²) in [6.07, 6.45) is 3.34. The van der Waals surface area contributed by atoms with Crippen molar-refractivity contribution in [3.05, 3.63) is 53.9 Å². The van der Waals surface area contributed by atoms with Gasteiger partial charge in [-0.25, -0.2) is 8.78 Å². The van der Waals surface area contributed by atoms with Gasteiger partial charge in [0.2, 0.25) is 5.91 Å². The van der Waals surface area contributed by atoms with Crippen LogP contribution in [0.3, 0.4) is 0 Å². The summed E-state index contributed by atoms with van der Waals surface area (Å²) in [6.45, 7) is 3.14. The van der Waals surface area contributed by atoms with E-state index in [1.54, 1.807) is 35.0 Å². The Kier molecular flexibility index (Phi) is 6.03. The quantitative estimate of drug-likeness (QED) is 0.779. The summed E-state index contributed by atoms with van der Waals surface area (Å²) in [5, 5.41) is 4.10. The Bertz CT molecular complexity index is 673. The Morgan fingerprint density at radius 2 is 2.00 bits per heavy atom. The largest absolute Gasteiger partial charge is 0.335 e. The fourth-order valence-corrected chi connectivity index (χ4v) is 2.33. The van der Waals surface area contributed by atoms with Crippen LogP contribution < -0.4 is 0 Å². The lowest BCUT2D eigenvalue weighted by Crippen LogP contribution is -2.40. The third kappa shape index (κ3) is 4.61. The Hall–Kier alpha value is -2.28. The van der Waals surface area contributed by atoms with Gasteiger partial charge in [0.05, 0.1) is 0 Å². The summed E-state index contributed by atoms with van der Waals surface area (Å²) in [4.78, 5) is 16.4. The molecule has 0 radical (unpaired) electrons. The third-order valence-corrected chi connectivity index (χ3v) is 3.77. The van der Waals surface area contributed by atoms with Gasteiger partial charge in [0.1, 0.15) is 6.04 Å². The predicted octanol–water partition coefficient (Wildman–Crippen LogP) is 2.31. The van der Waals surface area contributed by atoms with Crippen molar-refractivity contribution in [2.75, 3.05) is 27.2 Å². The maximum Gasteiger partial charge on any atom is 0.247 e. The molecule has 1 amide bonds. The zero-order valence-electron chi connectivity index (χ0n) is 14.1. The van der Waals surface area contributed by atoms with Crippen LogP contribution in [-0.4, -0.2) is 52.7 Å². The van der Waals surface area contributed by atoms with Crippen LogP contribution in [0.25, 0.3) is 0 Å². The van der Waals surface area contributed by atoms with Crippen molar-refractivity contribution in [3.63, 3.8) is 0 Å². The van der Waals surface area contributed by atoms with Gasteiger partial charge in [-0.2, -0.15) is 5.10 Å². The number of carbonyl (C=O) groups excluding carboxylic acids is 1. The van der Waals surface area contributed by atoms with Gasteiger partial charge in [0, 0.05) is 32.0 Å². The highest BCUT2D eigenvalue weighted by molar-refractivity contribution is 5.80. The van der Waals surface area contributed by atoms with Crippen LogP contribution in [0, 0.1) is 11.6 Å². The summed E-state index contributed by atoms with van der Waals surface area (Å²) in [7, 11) is 3.83. The second kappa shape index (κ2) is 8.01. The molecule has 2 rings (SSSR count). The molecule has 5 nitrogen and oxygen atoms in total. The highest BCUT2D eigenvalue weighted by atomic mass is 19.2. The number of hydrogen-bond acceptors (Lipinski definition) is 3. The molecule has 0 saturated carbocycles. The second-order valence-corrected chi connectivity index (χ2v) is 5.97. The van der Waals surface area contributed by atoms with E-state index in [1.807, 2.05) is 19.0 Å². The highest BCUT2D eigenvalue weighted by Crippen LogP contribution is 2.15. The van der Waals surface area contributed by atoms with Gasteiger partial charge in [0.15, 0.2) is 11.6 Å². The van der Waals surface area contributed by atoms with Crippen molar-refractivity contribution in [2.24, 2.45) is 0 Å². The third-order valence-electron chi connectivity index (χ3n) is 3.77. The summed E-state index contributed by atoms with van der Waals surface area (Å²) in [6, 6.07) is 4.99. The molecule has 0 spiro atoms. The Morgan fingerprint density at radius 3 is 2.58 bits per heavy atom. The van der Waals surface area contributed by atoms with E-state index in [-0.39, 0.29) is 12.5 Å². The van der Waals surface area contributed by atoms with Crippen LogP contribution in [0.4, 0.5) is 8.78 Å². The fraction of sp³-hybridized carbons (Fsp3) is 0.412. The number of likely N-dealkylation sites (N-methyl/N-ethyl adjacent to an activating group) is 1. The first-order valence-electron chi connectivity index (χ1n) is 7.75. The molecule has 0 fully saturated rings. The zero-order valence-corrected chi connectivity index (χ0v) is 14.1. The standard InChI is InChI=1S/C17H22F2N4O/c1-13(23-8-4-7-20-23)17(24)22(10-9-21(2)3)12-14-5-6-15(18)16(19)11-14/h4-8,11,13H,9-10,12H2,1-3H3/t13-/m1/s1. The van der Waals surface area contributed by atoms with Crippen LogP contribution in [0.1, 0.15) is 18.5 Å². The van der Waals surface area contributed by atoms with Crippen molar-refractivity contribution >= 4 is 5.91 Å². The molecule has 1 aromatic carbocycles. The van der Waals surface area contributed by atoms with Crippen molar-refractivity contribution < 1.29 is 13.6 Å². The number of benzene rings is 1. The number of hydrogen-bond donors (Lipinski definition) is 0. The smallest absolute Gasteiger partial charge is 0.247 e. The number of amides is 1. The van der Waals surface area contributed by atoms with Crippen LogP contribution in [0.5, 0.6) is 0 Å². The molecule has 0 N–H and O–H groups in total. The minimum absolute atomic E-state index is 0.120. The Morgan fingerprint density at radius 1 is 1.25 bits per heavy atom. The minimum Gasteiger partial charge on any atom is -0.335 e.